The van der Waals surface area contributed by atoms with Crippen LogP contribution in [-0.4, -0.2) is 17.6 Å². The molecular formula is C19H20N2O2S. The molecule has 0 spiro atoms. The van der Waals surface area contributed by atoms with E-state index in [1.807, 2.05) is 48.5 Å². The van der Waals surface area contributed by atoms with Crippen LogP contribution < -0.4 is 9.54 Å². The van der Waals surface area contributed by atoms with Crippen molar-refractivity contribution in [3.8, 4) is 5.75 Å². The van der Waals surface area contributed by atoms with Gasteiger partial charge in [0.15, 0.2) is 4.80 Å². The number of nitrogens with zero attached hydrogens (tertiary/aromatic N) is 2. The number of rotatable bonds is 5. The molecule has 0 aliphatic heterocycles. The Hall–Kier alpha value is -2.40. The summed E-state index contributed by atoms with van der Waals surface area (Å²) in [7, 11) is 1.66. The van der Waals surface area contributed by atoms with Crippen LogP contribution in [0, 0.1) is 0 Å². The first-order valence-electron chi connectivity index (χ1n) is 8.00. The molecule has 0 atom stereocenters. The van der Waals surface area contributed by atoms with Crippen LogP contribution in [0.3, 0.4) is 0 Å². The van der Waals surface area contributed by atoms with Crippen molar-refractivity contribution in [2.24, 2.45) is 4.99 Å². The van der Waals surface area contributed by atoms with Crippen molar-refractivity contribution in [2.45, 2.75) is 26.3 Å². The third-order valence-corrected chi connectivity index (χ3v) is 4.81. The second-order valence-corrected chi connectivity index (χ2v) is 6.55. The van der Waals surface area contributed by atoms with Crippen LogP contribution in [0.2, 0.25) is 0 Å². The topological polar surface area (TPSA) is 43.6 Å². The molecule has 0 aliphatic carbocycles. The number of hydrogen-bond acceptors (Lipinski definition) is 3. The van der Waals surface area contributed by atoms with Crippen LogP contribution in [0.5, 0.6) is 5.75 Å². The van der Waals surface area contributed by atoms with E-state index < -0.39 is 0 Å². The lowest BCUT2D eigenvalue weighted by molar-refractivity contribution is -0.117. The number of benzene rings is 2. The first kappa shape index (κ1) is 16.5. The van der Waals surface area contributed by atoms with Crippen molar-refractivity contribution in [3.63, 3.8) is 0 Å². The molecule has 0 saturated heterocycles. The summed E-state index contributed by atoms with van der Waals surface area (Å²) in [6, 6.07) is 15.7. The molecule has 5 heteroatoms. The molecule has 24 heavy (non-hydrogen) atoms. The Morgan fingerprint density at radius 3 is 2.71 bits per heavy atom. The monoisotopic (exact) mass is 340 g/mol. The van der Waals surface area contributed by atoms with E-state index >= 15 is 0 Å². The molecule has 0 unspecified atom stereocenters. The van der Waals surface area contributed by atoms with Crippen molar-refractivity contribution < 1.29 is 9.53 Å². The Balaban J connectivity index is 2.00. The summed E-state index contributed by atoms with van der Waals surface area (Å²) in [6.07, 6.45) is 1.30. The van der Waals surface area contributed by atoms with Gasteiger partial charge in [0.25, 0.3) is 5.91 Å². The molecule has 4 nitrogen and oxygen atoms in total. The Kier molecular flexibility index (Phi) is 5.11. The fourth-order valence-electron chi connectivity index (χ4n) is 2.62. The van der Waals surface area contributed by atoms with E-state index in [1.54, 1.807) is 18.4 Å². The molecule has 3 rings (SSSR count). The van der Waals surface area contributed by atoms with Gasteiger partial charge in [-0.1, -0.05) is 48.6 Å². The number of thiazole rings is 1. The van der Waals surface area contributed by atoms with Crippen molar-refractivity contribution in [3.05, 3.63) is 58.9 Å². The van der Waals surface area contributed by atoms with Crippen molar-refractivity contribution in [1.82, 2.24) is 4.57 Å². The van der Waals surface area contributed by atoms with Gasteiger partial charge in [0.2, 0.25) is 0 Å². The molecule has 2 aromatic carbocycles. The van der Waals surface area contributed by atoms with Crippen LogP contribution in [-0.2, 0) is 17.8 Å². The first-order valence-corrected chi connectivity index (χ1v) is 8.81. The van der Waals surface area contributed by atoms with Gasteiger partial charge in [0.1, 0.15) is 5.75 Å². The van der Waals surface area contributed by atoms with Gasteiger partial charge in [-0.05, 0) is 24.1 Å². The Labute approximate surface area is 145 Å². The minimum absolute atomic E-state index is 0.121. The Morgan fingerprint density at radius 1 is 1.21 bits per heavy atom. The fourth-order valence-corrected chi connectivity index (χ4v) is 3.67. The number of amides is 1. The average molecular weight is 340 g/mol. The highest BCUT2D eigenvalue weighted by atomic mass is 32.1. The Morgan fingerprint density at radius 2 is 2.00 bits per heavy atom. The van der Waals surface area contributed by atoms with Gasteiger partial charge in [-0.2, -0.15) is 4.99 Å². The molecular weight excluding hydrogens is 320 g/mol. The minimum atomic E-state index is -0.121. The number of hydrogen-bond donors (Lipinski definition) is 0. The maximum atomic E-state index is 12.3. The number of carbonyl (C=O) groups excluding carboxylic acids is 1. The van der Waals surface area contributed by atoms with E-state index in [0.29, 0.717) is 6.42 Å². The lowest BCUT2D eigenvalue weighted by Crippen LogP contribution is -2.17. The average Bonchev–Trinajstić information content (AvgIpc) is 2.92. The summed E-state index contributed by atoms with van der Waals surface area (Å²) in [5, 5.41) is 0. The van der Waals surface area contributed by atoms with Crippen molar-refractivity contribution in [2.75, 3.05) is 7.11 Å². The molecule has 3 aromatic rings. The predicted octanol–water partition coefficient (Wildman–Crippen LogP) is 3.79. The highest BCUT2D eigenvalue weighted by molar-refractivity contribution is 7.16. The molecule has 0 aliphatic rings. The van der Waals surface area contributed by atoms with E-state index in [9.17, 15) is 4.79 Å². The van der Waals surface area contributed by atoms with Gasteiger partial charge in [-0.25, -0.2) is 0 Å². The van der Waals surface area contributed by atoms with Crippen LogP contribution in [0.25, 0.3) is 10.2 Å². The summed E-state index contributed by atoms with van der Waals surface area (Å²) in [4.78, 5) is 17.5. The van der Waals surface area contributed by atoms with E-state index in [2.05, 4.69) is 16.5 Å². The number of methoxy groups -OCH3 is 1. The zero-order valence-corrected chi connectivity index (χ0v) is 14.7. The second-order valence-electron chi connectivity index (χ2n) is 5.54. The lowest BCUT2D eigenvalue weighted by atomic mass is 10.1. The molecule has 0 saturated carbocycles. The third-order valence-electron chi connectivity index (χ3n) is 3.75. The van der Waals surface area contributed by atoms with Crippen molar-refractivity contribution in [1.29, 1.82) is 0 Å². The number of fused-ring (bicyclic) bond motifs is 1. The highest BCUT2D eigenvalue weighted by Crippen LogP contribution is 2.23. The summed E-state index contributed by atoms with van der Waals surface area (Å²) < 4.78 is 8.53. The van der Waals surface area contributed by atoms with E-state index in [1.165, 1.54) is 0 Å². The largest absolute Gasteiger partial charge is 0.497 e. The SMILES string of the molecule is CCCn1c(=NC(=O)Cc2ccccc2)sc2ccc(OC)cc21. The number of ether oxygens (including phenoxy) is 1. The van der Waals surface area contributed by atoms with E-state index in [4.69, 9.17) is 4.74 Å². The van der Waals surface area contributed by atoms with Gasteiger partial charge in [0.05, 0.1) is 23.7 Å². The number of aryl methyl sites for hydroxylation is 1. The van der Waals surface area contributed by atoms with Crippen LogP contribution >= 0.6 is 11.3 Å². The quantitative estimate of drug-likeness (QED) is 0.709. The molecule has 0 fully saturated rings. The maximum absolute atomic E-state index is 12.3. The molecule has 1 heterocycles. The van der Waals surface area contributed by atoms with Gasteiger partial charge >= 0.3 is 0 Å². The summed E-state index contributed by atoms with van der Waals surface area (Å²) >= 11 is 1.54. The second kappa shape index (κ2) is 7.45. The molecule has 1 aromatic heterocycles. The van der Waals surface area contributed by atoms with Gasteiger partial charge in [-0.15, -0.1) is 0 Å². The first-order chi connectivity index (χ1) is 11.7. The lowest BCUT2D eigenvalue weighted by Gasteiger charge is -2.04. The number of aromatic nitrogens is 1. The molecule has 0 radical (unpaired) electrons. The molecule has 0 bridgehead atoms. The van der Waals surface area contributed by atoms with Crippen LogP contribution in [0.1, 0.15) is 18.9 Å². The minimum Gasteiger partial charge on any atom is -0.497 e. The standard InChI is InChI=1S/C19H20N2O2S/c1-3-11-21-16-13-15(23-2)9-10-17(16)24-19(21)20-18(22)12-14-7-5-4-6-8-14/h4-10,13H,3,11-12H2,1-2H3. The van der Waals surface area contributed by atoms with E-state index in [-0.39, 0.29) is 5.91 Å². The molecule has 124 valence electrons. The third kappa shape index (κ3) is 3.57. The van der Waals surface area contributed by atoms with Crippen LogP contribution in [0.4, 0.5) is 0 Å². The Bertz CT molecular complexity index is 910. The maximum Gasteiger partial charge on any atom is 0.252 e. The fraction of sp³-hybridized carbons (Fsp3) is 0.263. The van der Waals surface area contributed by atoms with Gasteiger partial charge in [0, 0.05) is 12.6 Å². The van der Waals surface area contributed by atoms with Crippen molar-refractivity contribution >= 4 is 27.5 Å². The number of carbonyl (C=O) groups is 1. The predicted molar refractivity (Wildman–Crippen MR) is 97.4 cm³/mol. The van der Waals surface area contributed by atoms with E-state index in [0.717, 1.165) is 39.3 Å². The zero-order chi connectivity index (χ0) is 16.9. The smallest absolute Gasteiger partial charge is 0.252 e. The molecule has 1 amide bonds. The van der Waals surface area contributed by atoms with Gasteiger partial charge in [-0.3, -0.25) is 4.79 Å². The summed E-state index contributed by atoms with van der Waals surface area (Å²) in [6.45, 7) is 2.94. The van der Waals surface area contributed by atoms with Gasteiger partial charge < -0.3 is 9.30 Å². The molecule has 0 N–H and O–H groups in total. The highest BCUT2D eigenvalue weighted by Gasteiger charge is 2.09. The summed E-state index contributed by atoms with van der Waals surface area (Å²) in [5.74, 6) is 0.692. The zero-order valence-electron chi connectivity index (χ0n) is 13.9. The summed E-state index contributed by atoms with van der Waals surface area (Å²) in [5.41, 5.74) is 2.04. The van der Waals surface area contributed by atoms with Crippen LogP contribution in [0.15, 0.2) is 53.5 Å². The normalized spacial score (nSPS) is 11.8.